The highest BCUT2D eigenvalue weighted by Crippen LogP contribution is 2.24. The molecule has 0 aliphatic carbocycles. The molecule has 0 radical (unpaired) electrons. The van der Waals surface area contributed by atoms with Crippen LogP contribution in [0.3, 0.4) is 0 Å². The smallest absolute Gasteiger partial charge is 0.258 e. The first kappa shape index (κ1) is 16.3. The van der Waals surface area contributed by atoms with Gasteiger partial charge < -0.3 is 5.32 Å². The highest BCUT2D eigenvalue weighted by atomic mass is 35.5. The Morgan fingerprint density at radius 2 is 1.73 bits per heavy atom. The van der Waals surface area contributed by atoms with Crippen LogP contribution in [0.15, 0.2) is 41.3 Å². The van der Waals surface area contributed by atoms with E-state index < -0.39 is 43.0 Å². The van der Waals surface area contributed by atoms with Crippen LogP contribution in [0.25, 0.3) is 0 Å². The van der Waals surface area contributed by atoms with Gasteiger partial charge in [-0.05, 0) is 36.4 Å². The monoisotopic (exact) mass is 346 g/mol. The number of sulfonamides is 1. The summed E-state index contributed by atoms with van der Waals surface area (Å²) in [6, 6.07) is 6.16. The van der Waals surface area contributed by atoms with Gasteiger partial charge in [0.15, 0.2) is 0 Å². The van der Waals surface area contributed by atoms with Crippen LogP contribution in [-0.4, -0.2) is 14.3 Å². The Labute approximate surface area is 129 Å². The van der Waals surface area contributed by atoms with Crippen LogP contribution in [-0.2, 0) is 10.0 Å². The van der Waals surface area contributed by atoms with E-state index in [2.05, 4.69) is 5.32 Å². The number of hydrogen-bond donors (Lipinski definition) is 2. The van der Waals surface area contributed by atoms with E-state index in [-0.39, 0.29) is 5.69 Å². The van der Waals surface area contributed by atoms with Crippen molar-refractivity contribution < 1.29 is 22.0 Å². The van der Waals surface area contributed by atoms with Gasteiger partial charge in [-0.3, -0.25) is 4.79 Å². The number of primary sulfonamides is 1. The largest absolute Gasteiger partial charge is 0.322 e. The molecule has 9 heteroatoms. The maximum atomic E-state index is 13.8. The van der Waals surface area contributed by atoms with E-state index >= 15 is 0 Å². The number of anilines is 1. The predicted molar refractivity (Wildman–Crippen MR) is 77.1 cm³/mol. The Balaban J connectivity index is 2.39. The van der Waals surface area contributed by atoms with Gasteiger partial charge in [-0.15, -0.1) is 0 Å². The summed E-state index contributed by atoms with van der Waals surface area (Å²) in [4.78, 5) is 11.4. The van der Waals surface area contributed by atoms with Crippen molar-refractivity contribution in [1.82, 2.24) is 0 Å². The summed E-state index contributed by atoms with van der Waals surface area (Å²) in [7, 11) is -4.21. The Bertz CT molecular complexity index is 839. The van der Waals surface area contributed by atoms with Crippen molar-refractivity contribution in [3.8, 4) is 0 Å². The van der Waals surface area contributed by atoms with Crippen molar-refractivity contribution in [1.29, 1.82) is 0 Å². The average Bonchev–Trinajstić information content (AvgIpc) is 2.39. The van der Waals surface area contributed by atoms with Crippen LogP contribution in [0.2, 0.25) is 5.02 Å². The van der Waals surface area contributed by atoms with Gasteiger partial charge >= 0.3 is 0 Å². The Morgan fingerprint density at radius 1 is 1.14 bits per heavy atom. The molecular formula is C13H9ClF2N2O3S. The summed E-state index contributed by atoms with van der Waals surface area (Å²) < 4.78 is 49.2. The van der Waals surface area contributed by atoms with E-state index in [0.29, 0.717) is 6.07 Å². The number of benzene rings is 2. The summed E-state index contributed by atoms with van der Waals surface area (Å²) in [6.07, 6.45) is 0. The minimum absolute atomic E-state index is 0.206. The van der Waals surface area contributed by atoms with Gasteiger partial charge in [0.1, 0.15) is 16.5 Å². The molecule has 0 unspecified atom stereocenters. The zero-order valence-corrected chi connectivity index (χ0v) is 12.4. The first-order valence-electron chi connectivity index (χ1n) is 5.77. The van der Waals surface area contributed by atoms with Crippen LogP contribution in [0.5, 0.6) is 0 Å². The fraction of sp³-hybridized carbons (Fsp3) is 0. The van der Waals surface area contributed by atoms with Crippen LogP contribution in [0, 0.1) is 11.6 Å². The van der Waals surface area contributed by atoms with Crippen molar-refractivity contribution in [3.05, 3.63) is 58.6 Å². The number of rotatable bonds is 3. The van der Waals surface area contributed by atoms with E-state index in [0.717, 1.165) is 18.2 Å². The summed E-state index contributed by atoms with van der Waals surface area (Å²) in [5.74, 6) is -2.45. The second-order valence-electron chi connectivity index (χ2n) is 4.27. The molecular weight excluding hydrogens is 338 g/mol. The molecule has 0 spiro atoms. The summed E-state index contributed by atoms with van der Waals surface area (Å²) >= 11 is 5.60. The van der Waals surface area contributed by atoms with Crippen molar-refractivity contribution in [2.75, 3.05) is 5.32 Å². The number of nitrogens with one attached hydrogen (secondary N) is 1. The third-order valence-electron chi connectivity index (χ3n) is 2.67. The Morgan fingerprint density at radius 3 is 2.27 bits per heavy atom. The van der Waals surface area contributed by atoms with Gasteiger partial charge in [-0.25, -0.2) is 22.3 Å². The molecule has 5 nitrogen and oxygen atoms in total. The number of halogens is 3. The van der Waals surface area contributed by atoms with Gasteiger partial charge in [-0.1, -0.05) is 11.6 Å². The molecule has 22 heavy (non-hydrogen) atoms. The van der Waals surface area contributed by atoms with E-state index in [9.17, 15) is 22.0 Å². The highest BCUT2D eigenvalue weighted by Gasteiger charge is 2.20. The number of hydrogen-bond acceptors (Lipinski definition) is 3. The van der Waals surface area contributed by atoms with Crippen molar-refractivity contribution in [3.63, 3.8) is 0 Å². The number of amides is 1. The molecule has 0 heterocycles. The molecule has 0 saturated heterocycles. The van der Waals surface area contributed by atoms with Crippen molar-refractivity contribution in [2.24, 2.45) is 5.14 Å². The summed E-state index contributed by atoms with van der Waals surface area (Å²) in [5.41, 5.74) is -0.351. The predicted octanol–water partition coefficient (Wildman–Crippen LogP) is 2.52. The normalized spacial score (nSPS) is 11.3. The van der Waals surface area contributed by atoms with Crippen LogP contribution in [0.1, 0.15) is 10.4 Å². The molecule has 0 aromatic heterocycles. The fourth-order valence-corrected chi connectivity index (χ4v) is 2.74. The molecule has 0 bridgehead atoms. The van der Waals surface area contributed by atoms with Crippen LogP contribution >= 0.6 is 11.6 Å². The molecule has 1 amide bonds. The summed E-state index contributed by atoms with van der Waals surface area (Å²) in [6.45, 7) is 0. The molecule has 2 rings (SSSR count). The molecule has 3 N–H and O–H groups in total. The third kappa shape index (κ3) is 3.59. The summed E-state index contributed by atoms with van der Waals surface area (Å²) in [5, 5.41) is 6.81. The average molecular weight is 347 g/mol. The van der Waals surface area contributed by atoms with Crippen molar-refractivity contribution in [2.45, 2.75) is 4.90 Å². The standard InChI is InChI=1S/C13H9ClF2N2O3S/c14-10-6-11(16)9(5-12(10)22(17,20)21)13(19)18-8-3-1-7(15)2-4-8/h1-6H,(H,18,19)(H2,17,20,21). The molecule has 2 aromatic carbocycles. The Hall–Kier alpha value is -2.03. The second kappa shape index (κ2) is 5.99. The van der Waals surface area contributed by atoms with Gasteiger partial charge in [0.25, 0.3) is 5.91 Å². The maximum absolute atomic E-state index is 13.8. The zero-order valence-electron chi connectivity index (χ0n) is 10.8. The fourth-order valence-electron chi connectivity index (χ4n) is 1.65. The molecule has 0 atom stereocenters. The number of carbonyl (C=O) groups is 1. The van der Waals surface area contributed by atoms with Crippen molar-refractivity contribution >= 4 is 33.2 Å². The van der Waals surface area contributed by atoms with Gasteiger partial charge in [0.05, 0.1) is 10.6 Å². The SMILES string of the molecule is NS(=O)(=O)c1cc(C(=O)Nc2ccc(F)cc2)c(F)cc1Cl. The quantitative estimate of drug-likeness (QED) is 0.894. The van der Waals surface area contributed by atoms with E-state index in [1.54, 1.807) is 0 Å². The minimum Gasteiger partial charge on any atom is -0.322 e. The van der Waals surface area contributed by atoms with Crippen LogP contribution < -0.4 is 10.5 Å². The molecule has 0 fully saturated rings. The van der Waals surface area contributed by atoms with E-state index in [1.807, 2.05) is 0 Å². The molecule has 116 valence electrons. The van der Waals surface area contributed by atoms with Gasteiger partial charge in [0, 0.05) is 5.69 Å². The zero-order chi connectivity index (χ0) is 16.5. The second-order valence-corrected chi connectivity index (χ2v) is 6.21. The van der Waals surface area contributed by atoms with E-state index in [1.165, 1.54) is 12.1 Å². The lowest BCUT2D eigenvalue weighted by atomic mass is 10.2. The van der Waals surface area contributed by atoms with Gasteiger partial charge in [-0.2, -0.15) is 0 Å². The lowest BCUT2D eigenvalue weighted by Crippen LogP contribution is -2.17. The molecule has 0 saturated carbocycles. The number of carbonyl (C=O) groups excluding carboxylic acids is 1. The lowest BCUT2D eigenvalue weighted by molar-refractivity contribution is 0.102. The van der Waals surface area contributed by atoms with E-state index in [4.69, 9.17) is 16.7 Å². The minimum atomic E-state index is -4.21. The first-order chi connectivity index (χ1) is 10.2. The lowest BCUT2D eigenvalue weighted by Gasteiger charge is -2.09. The first-order valence-corrected chi connectivity index (χ1v) is 7.69. The van der Waals surface area contributed by atoms with Gasteiger partial charge in [0.2, 0.25) is 10.0 Å². The number of nitrogens with two attached hydrogens (primary N) is 1. The highest BCUT2D eigenvalue weighted by molar-refractivity contribution is 7.89. The molecule has 2 aromatic rings. The topological polar surface area (TPSA) is 89.3 Å². The molecule has 0 aliphatic rings. The Kier molecular flexibility index (Phi) is 4.45. The molecule has 0 aliphatic heterocycles. The van der Waals surface area contributed by atoms with Crippen LogP contribution in [0.4, 0.5) is 14.5 Å². The maximum Gasteiger partial charge on any atom is 0.258 e. The third-order valence-corrected chi connectivity index (χ3v) is 4.05.